The van der Waals surface area contributed by atoms with Crippen molar-refractivity contribution in [2.75, 3.05) is 0 Å². The highest BCUT2D eigenvalue weighted by molar-refractivity contribution is 6.01. The topological polar surface area (TPSA) is 72.5 Å². The Kier molecular flexibility index (Phi) is 3.60. The molecule has 6 nitrogen and oxygen atoms in total. The van der Waals surface area contributed by atoms with Gasteiger partial charge in [0.2, 0.25) is 5.88 Å². The van der Waals surface area contributed by atoms with E-state index >= 15 is 0 Å². The number of hydrogen-bond acceptors (Lipinski definition) is 5. The molecule has 0 fully saturated rings. The molecule has 0 saturated heterocycles. The van der Waals surface area contributed by atoms with Crippen molar-refractivity contribution < 1.29 is 9.94 Å². The lowest BCUT2D eigenvalue weighted by atomic mass is 10.2. The Morgan fingerprint density at radius 3 is 2.67 bits per heavy atom. The first-order chi connectivity index (χ1) is 10.4. The Morgan fingerprint density at radius 2 is 1.95 bits per heavy atom. The summed E-state index contributed by atoms with van der Waals surface area (Å²) in [7, 11) is 0. The van der Waals surface area contributed by atoms with Crippen LogP contribution in [0.15, 0.2) is 72.5 Å². The lowest BCUT2D eigenvalue weighted by Gasteiger charge is -2.11. The van der Waals surface area contributed by atoms with Gasteiger partial charge in [-0.25, -0.2) is 9.97 Å². The molecular formula is C15H12N4O2. The molecule has 2 heterocycles. The number of hydrogen-bond donors (Lipinski definition) is 1. The van der Waals surface area contributed by atoms with E-state index in [9.17, 15) is 5.21 Å². The van der Waals surface area contributed by atoms with Crippen molar-refractivity contribution in [3.8, 4) is 11.6 Å². The summed E-state index contributed by atoms with van der Waals surface area (Å²) in [5, 5.41) is 12.6. The number of aromatic nitrogens is 3. The molecule has 0 atom stereocenters. The summed E-state index contributed by atoms with van der Waals surface area (Å²) in [4.78, 5) is 8.14. The van der Waals surface area contributed by atoms with E-state index < -0.39 is 0 Å². The highest BCUT2D eigenvalue weighted by Crippen LogP contribution is 2.23. The molecule has 0 aliphatic rings. The molecule has 0 radical (unpaired) electrons. The van der Waals surface area contributed by atoms with Crippen LogP contribution in [-0.4, -0.2) is 25.6 Å². The second-order valence-electron chi connectivity index (χ2n) is 4.16. The van der Waals surface area contributed by atoms with Crippen molar-refractivity contribution in [2.45, 2.75) is 0 Å². The van der Waals surface area contributed by atoms with Crippen LogP contribution in [0.4, 0.5) is 0 Å². The SMILES string of the molecule is O/N=C(/c1cccnc1Oc1ccccc1)n1ccnc1. The zero-order valence-corrected chi connectivity index (χ0v) is 11.0. The van der Waals surface area contributed by atoms with Gasteiger partial charge in [-0.1, -0.05) is 23.4 Å². The maximum absolute atomic E-state index is 9.30. The summed E-state index contributed by atoms with van der Waals surface area (Å²) in [6.45, 7) is 0. The van der Waals surface area contributed by atoms with Gasteiger partial charge in [-0.3, -0.25) is 4.57 Å². The minimum atomic E-state index is 0.284. The Morgan fingerprint density at radius 1 is 1.10 bits per heavy atom. The van der Waals surface area contributed by atoms with E-state index in [0.29, 0.717) is 17.2 Å². The van der Waals surface area contributed by atoms with E-state index in [0.717, 1.165) is 0 Å². The first kappa shape index (κ1) is 12.9. The van der Waals surface area contributed by atoms with Crippen LogP contribution in [0.3, 0.4) is 0 Å². The Bertz CT molecular complexity index is 739. The number of benzene rings is 1. The van der Waals surface area contributed by atoms with Crippen LogP contribution >= 0.6 is 0 Å². The first-order valence-electron chi connectivity index (χ1n) is 6.27. The van der Waals surface area contributed by atoms with Crippen molar-refractivity contribution in [1.82, 2.24) is 14.5 Å². The zero-order chi connectivity index (χ0) is 14.5. The fourth-order valence-corrected chi connectivity index (χ4v) is 1.87. The molecule has 2 aromatic heterocycles. The summed E-state index contributed by atoms with van der Waals surface area (Å²) in [5.41, 5.74) is 0.557. The molecule has 0 unspecified atom stereocenters. The predicted octanol–water partition coefficient (Wildman–Crippen LogP) is 2.75. The highest BCUT2D eigenvalue weighted by atomic mass is 16.5. The third-order valence-electron chi connectivity index (χ3n) is 2.81. The van der Waals surface area contributed by atoms with E-state index in [4.69, 9.17) is 4.74 Å². The molecular weight excluding hydrogens is 268 g/mol. The summed E-state index contributed by atoms with van der Waals surface area (Å²) in [5.74, 6) is 1.29. The first-order valence-corrected chi connectivity index (χ1v) is 6.27. The second kappa shape index (κ2) is 5.87. The normalized spacial score (nSPS) is 11.3. The molecule has 0 spiro atoms. The molecule has 104 valence electrons. The third kappa shape index (κ3) is 2.74. The van der Waals surface area contributed by atoms with E-state index in [1.165, 1.54) is 6.33 Å². The van der Waals surface area contributed by atoms with Crippen LogP contribution in [0.2, 0.25) is 0 Å². The van der Waals surface area contributed by atoms with Crippen LogP contribution in [0.5, 0.6) is 11.6 Å². The highest BCUT2D eigenvalue weighted by Gasteiger charge is 2.14. The van der Waals surface area contributed by atoms with Crippen LogP contribution in [0, 0.1) is 0 Å². The molecule has 0 saturated carbocycles. The van der Waals surface area contributed by atoms with E-state index in [1.54, 1.807) is 35.3 Å². The number of pyridine rings is 1. The minimum absolute atomic E-state index is 0.284. The number of para-hydroxylation sites is 1. The zero-order valence-electron chi connectivity index (χ0n) is 11.0. The summed E-state index contributed by atoms with van der Waals surface area (Å²) in [6.07, 6.45) is 6.42. The van der Waals surface area contributed by atoms with Crippen molar-refractivity contribution in [3.05, 3.63) is 72.9 Å². The van der Waals surface area contributed by atoms with Crippen LogP contribution < -0.4 is 4.74 Å². The Balaban J connectivity index is 2.00. The molecule has 0 aliphatic heterocycles. The molecule has 3 aromatic rings. The van der Waals surface area contributed by atoms with Gasteiger partial charge >= 0.3 is 0 Å². The molecule has 1 N–H and O–H groups in total. The molecule has 3 rings (SSSR count). The van der Waals surface area contributed by atoms with Crippen LogP contribution in [0.25, 0.3) is 0 Å². The molecule has 0 amide bonds. The quantitative estimate of drug-likeness (QED) is 0.346. The lowest BCUT2D eigenvalue weighted by Crippen LogP contribution is -2.13. The minimum Gasteiger partial charge on any atom is -0.438 e. The van der Waals surface area contributed by atoms with Crippen LogP contribution in [0.1, 0.15) is 5.56 Å². The second-order valence-corrected chi connectivity index (χ2v) is 4.16. The smallest absolute Gasteiger partial charge is 0.230 e. The average Bonchev–Trinajstić information content (AvgIpc) is 3.05. The maximum Gasteiger partial charge on any atom is 0.230 e. The number of rotatable bonds is 3. The summed E-state index contributed by atoms with van der Waals surface area (Å²) >= 11 is 0. The van der Waals surface area contributed by atoms with Crippen molar-refractivity contribution >= 4 is 5.84 Å². The van der Waals surface area contributed by atoms with Gasteiger partial charge in [-0.05, 0) is 24.3 Å². The van der Waals surface area contributed by atoms with Crippen molar-refractivity contribution in [3.63, 3.8) is 0 Å². The average molecular weight is 280 g/mol. The van der Waals surface area contributed by atoms with Gasteiger partial charge in [-0.2, -0.15) is 0 Å². The van der Waals surface area contributed by atoms with E-state index in [1.807, 2.05) is 30.3 Å². The van der Waals surface area contributed by atoms with Gasteiger partial charge in [0.25, 0.3) is 0 Å². The number of imidazole rings is 1. The van der Waals surface area contributed by atoms with Gasteiger partial charge in [0.15, 0.2) is 5.84 Å². The molecule has 6 heteroatoms. The van der Waals surface area contributed by atoms with E-state index in [-0.39, 0.29) is 5.84 Å². The standard InChI is InChI=1S/C15H12N4O2/c20-18-14(19-10-9-16-11-19)13-7-4-8-17-15(13)21-12-5-2-1-3-6-12/h1-11,20H/b18-14-. The summed E-state index contributed by atoms with van der Waals surface area (Å²) in [6, 6.07) is 12.8. The number of nitrogens with zero attached hydrogens (tertiary/aromatic N) is 4. The Hall–Kier alpha value is -3.15. The Labute approximate surface area is 121 Å². The van der Waals surface area contributed by atoms with Gasteiger partial charge in [0.05, 0.1) is 5.56 Å². The van der Waals surface area contributed by atoms with Gasteiger partial charge in [0.1, 0.15) is 12.1 Å². The fourth-order valence-electron chi connectivity index (χ4n) is 1.87. The van der Waals surface area contributed by atoms with Crippen molar-refractivity contribution in [2.24, 2.45) is 5.16 Å². The monoisotopic (exact) mass is 280 g/mol. The molecule has 0 bridgehead atoms. The number of ether oxygens (including phenoxy) is 1. The predicted molar refractivity (Wildman–Crippen MR) is 76.7 cm³/mol. The largest absolute Gasteiger partial charge is 0.438 e. The van der Waals surface area contributed by atoms with Crippen LogP contribution in [-0.2, 0) is 0 Å². The van der Waals surface area contributed by atoms with Gasteiger partial charge < -0.3 is 9.94 Å². The summed E-state index contributed by atoms with van der Waals surface area (Å²) < 4.78 is 7.33. The fraction of sp³-hybridized carbons (Fsp3) is 0. The van der Waals surface area contributed by atoms with E-state index in [2.05, 4.69) is 15.1 Å². The number of oxime groups is 1. The van der Waals surface area contributed by atoms with Crippen molar-refractivity contribution in [1.29, 1.82) is 0 Å². The van der Waals surface area contributed by atoms with Gasteiger partial charge in [-0.15, -0.1) is 0 Å². The molecule has 1 aromatic carbocycles. The van der Waals surface area contributed by atoms with Gasteiger partial charge in [0, 0.05) is 18.6 Å². The molecule has 0 aliphatic carbocycles. The lowest BCUT2D eigenvalue weighted by molar-refractivity contribution is 0.317. The maximum atomic E-state index is 9.30. The third-order valence-corrected chi connectivity index (χ3v) is 2.81. The molecule has 21 heavy (non-hydrogen) atoms.